The van der Waals surface area contributed by atoms with Crippen LogP contribution in [0.3, 0.4) is 0 Å². The van der Waals surface area contributed by atoms with Gasteiger partial charge in [0.2, 0.25) is 5.82 Å². The van der Waals surface area contributed by atoms with Crippen LogP contribution in [-0.4, -0.2) is 34.8 Å². The predicted octanol–water partition coefficient (Wildman–Crippen LogP) is 0.0530. The lowest BCUT2D eigenvalue weighted by Gasteiger charge is -2.03. The fraction of sp³-hybridized carbons (Fsp3) is 0.500. The Morgan fingerprint density at radius 2 is 2.20 bits per heavy atom. The molecule has 0 saturated heterocycles. The van der Waals surface area contributed by atoms with Gasteiger partial charge in [0.1, 0.15) is 0 Å². The van der Waals surface area contributed by atoms with Crippen molar-refractivity contribution < 1.29 is 18.3 Å². The fourth-order valence-corrected chi connectivity index (χ4v) is 2.03. The van der Waals surface area contributed by atoms with Gasteiger partial charge in [0.15, 0.2) is 9.84 Å². The molecule has 0 aliphatic rings. The highest BCUT2D eigenvalue weighted by molar-refractivity contribution is 7.90. The summed E-state index contributed by atoms with van der Waals surface area (Å²) in [5.41, 5.74) is 0.384. The van der Waals surface area contributed by atoms with Gasteiger partial charge in [-0.1, -0.05) is 6.92 Å². The molecule has 6 nitrogen and oxygen atoms in total. The molecule has 0 aliphatic heterocycles. The Labute approximate surface area is 87.5 Å². The zero-order chi connectivity index (χ0) is 11.6. The molecule has 1 aromatic heterocycles. The summed E-state index contributed by atoms with van der Waals surface area (Å²) in [6, 6.07) is 0. The Balaban J connectivity index is 3.04. The van der Waals surface area contributed by atoms with Crippen LogP contribution in [0.25, 0.3) is 0 Å². The highest BCUT2D eigenvalue weighted by atomic mass is 32.2. The van der Waals surface area contributed by atoms with Crippen molar-refractivity contribution in [1.29, 1.82) is 0 Å². The third-order valence-electron chi connectivity index (χ3n) is 2.08. The summed E-state index contributed by atoms with van der Waals surface area (Å²) in [6.07, 6.45) is 1.27. The minimum atomic E-state index is -3.16. The lowest BCUT2D eigenvalue weighted by atomic mass is 10.5. The van der Waals surface area contributed by atoms with Crippen molar-refractivity contribution in [1.82, 2.24) is 9.55 Å². The van der Waals surface area contributed by atoms with Crippen molar-refractivity contribution in [2.75, 3.05) is 5.75 Å². The SMILES string of the molecule is CCS(=O)(=O)Cc1cnc(C(=O)O)n1C. The molecule has 1 N–H and O–H groups in total. The average Bonchev–Trinajstić information content (AvgIpc) is 2.48. The number of rotatable bonds is 4. The van der Waals surface area contributed by atoms with Crippen LogP contribution >= 0.6 is 0 Å². The molecule has 0 aromatic carbocycles. The van der Waals surface area contributed by atoms with Crippen LogP contribution in [0.4, 0.5) is 0 Å². The van der Waals surface area contributed by atoms with Gasteiger partial charge >= 0.3 is 5.97 Å². The number of hydrogen-bond donors (Lipinski definition) is 1. The minimum absolute atomic E-state index is 0.0284. The Hall–Kier alpha value is -1.37. The lowest BCUT2D eigenvalue weighted by Crippen LogP contribution is -2.12. The molecular weight excluding hydrogens is 220 g/mol. The molecule has 1 heterocycles. The Bertz CT molecular complexity index is 475. The summed E-state index contributed by atoms with van der Waals surface area (Å²) in [5, 5.41) is 8.70. The summed E-state index contributed by atoms with van der Waals surface area (Å²) in [7, 11) is -1.68. The van der Waals surface area contributed by atoms with Crippen molar-refractivity contribution in [2.24, 2.45) is 7.05 Å². The number of aromatic nitrogens is 2. The third-order valence-corrected chi connectivity index (χ3v) is 3.70. The first-order valence-electron chi connectivity index (χ1n) is 4.31. The summed E-state index contributed by atoms with van der Waals surface area (Å²) < 4.78 is 23.9. The van der Waals surface area contributed by atoms with Gasteiger partial charge in [-0.25, -0.2) is 18.2 Å². The maximum Gasteiger partial charge on any atom is 0.372 e. The number of carboxylic acid groups (broad SMARTS) is 1. The van der Waals surface area contributed by atoms with Gasteiger partial charge in [0.05, 0.1) is 17.6 Å². The van der Waals surface area contributed by atoms with Gasteiger partial charge in [-0.3, -0.25) is 0 Å². The van der Waals surface area contributed by atoms with Crippen molar-refractivity contribution in [3.63, 3.8) is 0 Å². The number of aromatic carboxylic acids is 1. The number of carboxylic acids is 1. The molecule has 0 saturated carbocycles. The Morgan fingerprint density at radius 3 is 2.60 bits per heavy atom. The van der Waals surface area contributed by atoms with Crippen LogP contribution < -0.4 is 0 Å². The summed E-state index contributed by atoms with van der Waals surface area (Å²) in [4.78, 5) is 14.3. The van der Waals surface area contributed by atoms with Gasteiger partial charge in [-0.15, -0.1) is 0 Å². The molecule has 84 valence electrons. The standard InChI is InChI=1S/C8H12N2O4S/c1-3-15(13,14)5-6-4-9-7(8(11)12)10(6)2/h4H,3,5H2,1-2H3,(H,11,12). The molecule has 0 fully saturated rings. The zero-order valence-corrected chi connectivity index (χ0v) is 9.28. The number of hydrogen-bond acceptors (Lipinski definition) is 4. The summed E-state index contributed by atoms with van der Waals surface area (Å²) in [6.45, 7) is 1.55. The summed E-state index contributed by atoms with van der Waals surface area (Å²) in [5.74, 6) is -1.48. The smallest absolute Gasteiger partial charge is 0.372 e. The van der Waals surface area contributed by atoms with Crippen LogP contribution in [0, 0.1) is 0 Å². The molecule has 1 rings (SSSR count). The van der Waals surface area contributed by atoms with E-state index in [0.717, 1.165) is 0 Å². The van der Waals surface area contributed by atoms with Gasteiger partial charge in [0.25, 0.3) is 0 Å². The van der Waals surface area contributed by atoms with E-state index in [-0.39, 0.29) is 17.3 Å². The molecule has 0 radical (unpaired) electrons. The number of carbonyl (C=O) groups is 1. The molecule has 0 aliphatic carbocycles. The maximum atomic E-state index is 11.3. The molecular formula is C8H12N2O4S. The van der Waals surface area contributed by atoms with Crippen molar-refractivity contribution in [2.45, 2.75) is 12.7 Å². The van der Waals surface area contributed by atoms with E-state index in [9.17, 15) is 13.2 Å². The van der Waals surface area contributed by atoms with E-state index in [1.54, 1.807) is 6.92 Å². The normalized spacial score (nSPS) is 11.6. The van der Waals surface area contributed by atoms with Gasteiger partial charge < -0.3 is 9.67 Å². The highest BCUT2D eigenvalue weighted by Gasteiger charge is 2.17. The van der Waals surface area contributed by atoms with Crippen LogP contribution in [0.5, 0.6) is 0 Å². The van der Waals surface area contributed by atoms with Gasteiger partial charge in [-0.2, -0.15) is 0 Å². The van der Waals surface area contributed by atoms with E-state index in [0.29, 0.717) is 5.69 Å². The molecule has 0 bridgehead atoms. The first kappa shape index (κ1) is 11.7. The monoisotopic (exact) mass is 232 g/mol. The molecule has 1 aromatic rings. The van der Waals surface area contributed by atoms with E-state index in [1.807, 2.05) is 0 Å². The maximum absolute atomic E-state index is 11.3. The third kappa shape index (κ3) is 2.56. The molecule has 15 heavy (non-hydrogen) atoms. The molecule has 0 amide bonds. The number of sulfone groups is 1. The van der Waals surface area contributed by atoms with Crippen LogP contribution in [0.1, 0.15) is 23.2 Å². The quantitative estimate of drug-likeness (QED) is 0.792. The number of imidazole rings is 1. The average molecular weight is 232 g/mol. The van der Waals surface area contributed by atoms with Crippen LogP contribution in [0.2, 0.25) is 0 Å². The zero-order valence-electron chi connectivity index (χ0n) is 8.47. The van der Waals surface area contributed by atoms with E-state index in [4.69, 9.17) is 5.11 Å². The first-order chi connectivity index (χ1) is 6.87. The van der Waals surface area contributed by atoms with E-state index >= 15 is 0 Å². The topological polar surface area (TPSA) is 89.3 Å². The van der Waals surface area contributed by atoms with Crippen molar-refractivity contribution >= 4 is 15.8 Å². The minimum Gasteiger partial charge on any atom is -0.475 e. The highest BCUT2D eigenvalue weighted by Crippen LogP contribution is 2.08. The fourth-order valence-electron chi connectivity index (χ4n) is 1.11. The second-order valence-corrected chi connectivity index (χ2v) is 5.47. The second kappa shape index (κ2) is 4.01. The van der Waals surface area contributed by atoms with E-state index in [2.05, 4.69) is 4.98 Å². The predicted molar refractivity (Wildman–Crippen MR) is 53.3 cm³/mol. The Kier molecular flexibility index (Phi) is 3.13. The number of nitrogens with zero attached hydrogens (tertiary/aromatic N) is 2. The second-order valence-electron chi connectivity index (χ2n) is 3.11. The van der Waals surface area contributed by atoms with E-state index < -0.39 is 15.8 Å². The molecule has 7 heteroatoms. The van der Waals surface area contributed by atoms with Crippen molar-refractivity contribution in [3.05, 3.63) is 17.7 Å². The largest absolute Gasteiger partial charge is 0.475 e. The van der Waals surface area contributed by atoms with E-state index in [1.165, 1.54) is 17.8 Å². The molecule has 0 spiro atoms. The lowest BCUT2D eigenvalue weighted by molar-refractivity contribution is 0.0679. The summed E-state index contributed by atoms with van der Waals surface area (Å²) >= 11 is 0. The Morgan fingerprint density at radius 1 is 1.60 bits per heavy atom. The first-order valence-corrected chi connectivity index (χ1v) is 6.14. The molecule has 0 unspecified atom stereocenters. The molecule has 0 atom stereocenters. The van der Waals surface area contributed by atoms with Gasteiger partial charge in [-0.05, 0) is 0 Å². The van der Waals surface area contributed by atoms with Crippen LogP contribution in [-0.2, 0) is 22.6 Å². The van der Waals surface area contributed by atoms with Gasteiger partial charge in [0, 0.05) is 12.8 Å². The van der Waals surface area contributed by atoms with Crippen molar-refractivity contribution in [3.8, 4) is 0 Å². The van der Waals surface area contributed by atoms with Crippen LogP contribution in [0.15, 0.2) is 6.20 Å².